The van der Waals surface area contributed by atoms with Crippen LogP contribution in [0.2, 0.25) is 0 Å². The second-order valence-electron chi connectivity index (χ2n) is 4.78. The van der Waals surface area contributed by atoms with Gasteiger partial charge >= 0.3 is 0 Å². The third-order valence-electron chi connectivity index (χ3n) is 2.89. The molecule has 1 aliphatic heterocycles. The van der Waals surface area contributed by atoms with Crippen LogP contribution in [0.5, 0.6) is 0 Å². The van der Waals surface area contributed by atoms with Crippen molar-refractivity contribution in [2.24, 2.45) is 5.73 Å². The standard InChI is InChI=1S/C11H24N2O2/c1-4-11(2,12)9-14-8-10-7-13(3)5-6-15-10/h10H,4-9,12H2,1-3H3. The Bertz CT molecular complexity index is 185. The molecule has 0 aliphatic carbocycles. The van der Waals surface area contributed by atoms with Crippen LogP contribution in [0.25, 0.3) is 0 Å². The van der Waals surface area contributed by atoms with Crippen molar-refractivity contribution in [3.05, 3.63) is 0 Å². The van der Waals surface area contributed by atoms with Gasteiger partial charge in [0.05, 0.1) is 25.9 Å². The van der Waals surface area contributed by atoms with Crippen LogP contribution in [0.3, 0.4) is 0 Å². The van der Waals surface area contributed by atoms with Gasteiger partial charge in [-0.3, -0.25) is 0 Å². The van der Waals surface area contributed by atoms with E-state index in [1.54, 1.807) is 0 Å². The Balaban J connectivity index is 2.14. The fourth-order valence-electron chi connectivity index (χ4n) is 1.49. The Kier molecular flexibility index (Phi) is 4.99. The minimum absolute atomic E-state index is 0.205. The van der Waals surface area contributed by atoms with Crippen LogP contribution in [0.1, 0.15) is 20.3 Å². The predicted octanol–water partition coefficient (Wildman–Crippen LogP) is 0.461. The van der Waals surface area contributed by atoms with Gasteiger partial charge in [0.2, 0.25) is 0 Å². The maximum absolute atomic E-state index is 5.98. The second-order valence-corrected chi connectivity index (χ2v) is 4.78. The van der Waals surface area contributed by atoms with Crippen LogP contribution in [-0.2, 0) is 9.47 Å². The average molecular weight is 216 g/mol. The molecule has 2 N–H and O–H groups in total. The number of morpholine rings is 1. The van der Waals surface area contributed by atoms with E-state index in [2.05, 4.69) is 18.9 Å². The van der Waals surface area contributed by atoms with Crippen molar-refractivity contribution in [3.63, 3.8) is 0 Å². The van der Waals surface area contributed by atoms with Gasteiger partial charge in [-0.15, -0.1) is 0 Å². The molecule has 1 heterocycles. The summed E-state index contributed by atoms with van der Waals surface area (Å²) in [5.74, 6) is 0. The van der Waals surface area contributed by atoms with Gasteiger partial charge < -0.3 is 20.1 Å². The molecule has 1 fully saturated rings. The Morgan fingerprint density at radius 2 is 2.33 bits per heavy atom. The highest BCUT2D eigenvalue weighted by molar-refractivity contribution is 4.76. The summed E-state index contributed by atoms with van der Waals surface area (Å²) in [5, 5.41) is 0. The highest BCUT2D eigenvalue weighted by Crippen LogP contribution is 2.07. The van der Waals surface area contributed by atoms with Gasteiger partial charge in [-0.2, -0.15) is 0 Å². The van der Waals surface area contributed by atoms with E-state index in [0.29, 0.717) is 13.2 Å². The maximum atomic E-state index is 5.98. The number of hydrogen-bond donors (Lipinski definition) is 1. The van der Waals surface area contributed by atoms with Gasteiger partial charge in [0.1, 0.15) is 0 Å². The zero-order chi connectivity index (χ0) is 11.3. The molecule has 0 aromatic rings. The lowest BCUT2D eigenvalue weighted by Gasteiger charge is -2.31. The summed E-state index contributed by atoms with van der Waals surface area (Å²) in [7, 11) is 2.11. The maximum Gasteiger partial charge on any atom is 0.0935 e. The first kappa shape index (κ1) is 12.9. The summed E-state index contributed by atoms with van der Waals surface area (Å²) < 4.78 is 11.2. The SMILES string of the molecule is CCC(C)(N)COCC1CN(C)CCO1. The topological polar surface area (TPSA) is 47.7 Å². The third kappa shape index (κ3) is 4.93. The Morgan fingerprint density at radius 1 is 1.60 bits per heavy atom. The summed E-state index contributed by atoms with van der Waals surface area (Å²) in [6.45, 7) is 8.12. The highest BCUT2D eigenvalue weighted by atomic mass is 16.5. The smallest absolute Gasteiger partial charge is 0.0935 e. The molecule has 0 radical (unpaired) electrons. The Labute approximate surface area is 92.7 Å². The van der Waals surface area contributed by atoms with E-state index in [1.165, 1.54) is 0 Å². The Hall–Kier alpha value is -0.160. The molecular formula is C11H24N2O2. The van der Waals surface area contributed by atoms with Crippen LogP contribution < -0.4 is 5.73 Å². The van der Waals surface area contributed by atoms with Crippen molar-refractivity contribution in [1.82, 2.24) is 4.90 Å². The summed E-state index contributed by atoms with van der Waals surface area (Å²) in [6.07, 6.45) is 1.13. The first-order valence-electron chi connectivity index (χ1n) is 5.70. The summed E-state index contributed by atoms with van der Waals surface area (Å²) >= 11 is 0. The van der Waals surface area contributed by atoms with Crippen LogP contribution in [0.4, 0.5) is 0 Å². The fourth-order valence-corrected chi connectivity index (χ4v) is 1.49. The third-order valence-corrected chi connectivity index (χ3v) is 2.89. The van der Waals surface area contributed by atoms with Gasteiger partial charge in [-0.25, -0.2) is 0 Å². The molecule has 4 heteroatoms. The average Bonchev–Trinajstić information content (AvgIpc) is 2.18. The molecule has 4 nitrogen and oxygen atoms in total. The van der Waals surface area contributed by atoms with Crippen molar-refractivity contribution in [3.8, 4) is 0 Å². The fraction of sp³-hybridized carbons (Fsp3) is 1.00. The minimum atomic E-state index is -0.208. The van der Waals surface area contributed by atoms with E-state index in [-0.39, 0.29) is 11.6 Å². The first-order chi connectivity index (χ1) is 7.03. The number of likely N-dealkylation sites (N-methyl/N-ethyl adjacent to an activating group) is 1. The van der Waals surface area contributed by atoms with E-state index >= 15 is 0 Å². The van der Waals surface area contributed by atoms with Gasteiger partial charge in [0.15, 0.2) is 0 Å². The molecule has 15 heavy (non-hydrogen) atoms. The lowest BCUT2D eigenvalue weighted by atomic mass is 10.0. The molecule has 1 aliphatic rings. The van der Waals surface area contributed by atoms with Crippen molar-refractivity contribution in [1.29, 1.82) is 0 Å². The lowest BCUT2D eigenvalue weighted by molar-refractivity contribution is -0.0687. The van der Waals surface area contributed by atoms with E-state index < -0.39 is 0 Å². The second kappa shape index (κ2) is 5.80. The minimum Gasteiger partial charge on any atom is -0.377 e. The zero-order valence-electron chi connectivity index (χ0n) is 10.2. The number of ether oxygens (including phenoxy) is 2. The first-order valence-corrected chi connectivity index (χ1v) is 5.70. The van der Waals surface area contributed by atoms with Crippen molar-refractivity contribution < 1.29 is 9.47 Å². The van der Waals surface area contributed by atoms with Crippen molar-refractivity contribution in [2.75, 3.05) is 40.0 Å². The summed E-state index contributed by atoms with van der Waals surface area (Å²) in [6, 6.07) is 0. The van der Waals surface area contributed by atoms with Crippen LogP contribution in [-0.4, -0.2) is 56.5 Å². The monoisotopic (exact) mass is 216 g/mol. The predicted molar refractivity (Wildman–Crippen MR) is 60.9 cm³/mol. The molecule has 1 saturated heterocycles. The molecule has 1 rings (SSSR count). The van der Waals surface area contributed by atoms with E-state index in [0.717, 1.165) is 26.1 Å². The molecule has 0 bridgehead atoms. The number of nitrogens with zero attached hydrogens (tertiary/aromatic N) is 1. The van der Waals surface area contributed by atoms with Crippen LogP contribution in [0.15, 0.2) is 0 Å². The largest absolute Gasteiger partial charge is 0.377 e. The van der Waals surface area contributed by atoms with Gasteiger partial charge in [0, 0.05) is 18.6 Å². The molecule has 0 aromatic carbocycles. The lowest BCUT2D eigenvalue weighted by Crippen LogP contribution is -2.45. The Morgan fingerprint density at radius 3 is 2.93 bits per heavy atom. The highest BCUT2D eigenvalue weighted by Gasteiger charge is 2.20. The van der Waals surface area contributed by atoms with Crippen LogP contribution in [0, 0.1) is 0 Å². The van der Waals surface area contributed by atoms with Gasteiger partial charge in [-0.1, -0.05) is 6.92 Å². The zero-order valence-corrected chi connectivity index (χ0v) is 10.2. The molecule has 0 saturated carbocycles. The number of nitrogens with two attached hydrogens (primary N) is 1. The van der Waals surface area contributed by atoms with E-state index in [1.807, 2.05) is 6.92 Å². The molecule has 0 amide bonds. The quantitative estimate of drug-likeness (QED) is 0.725. The molecule has 90 valence electrons. The summed E-state index contributed by atoms with van der Waals surface area (Å²) in [5.41, 5.74) is 5.77. The van der Waals surface area contributed by atoms with Crippen molar-refractivity contribution in [2.45, 2.75) is 31.9 Å². The molecule has 2 unspecified atom stereocenters. The van der Waals surface area contributed by atoms with Gasteiger partial charge in [-0.05, 0) is 20.4 Å². The normalized spacial score (nSPS) is 27.6. The summed E-state index contributed by atoms with van der Waals surface area (Å²) in [4.78, 5) is 2.26. The number of hydrogen-bond acceptors (Lipinski definition) is 4. The number of rotatable bonds is 5. The molecule has 0 aromatic heterocycles. The molecule has 2 atom stereocenters. The van der Waals surface area contributed by atoms with Crippen molar-refractivity contribution >= 4 is 0 Å². The molecular weight excluding hydrogens is 192 g/mol. The van der Waals surface area contributed by atoms with E-state index in [9.17, 15) is 0 Å². The van der Waals surface area contributed by atoms with E-state index in [4.69, 9.17) is 15.2 Å². The van der Waals surface area contributed by atoms with Gasteiger partial charge in [0.25, 0.3) is 0 Å². The molecule has 0 spiro atoms. The van der Waals surface area contributed by atoms with Crippen LogP contribution >= 0.6 is 0 Å².